The fourth-order valence-electron chi connectivity index (χ4n) is 2.87. The van der Waals surface area contributed by atoms with Crippen LogP contribution >= 0.6 is 15.9 Å². The Bertz CT molecular complexity index is 408. The zero-order chi connectivity index (χ0) is 13.7. The summed E-state index contributed by atoms with van der Waals surface area (Å²) >= 11 is 3.68. The van der Waals surface area contributed by atoms with E-state index in [0.29, 0.717) is 6.04 Å². The molecule has 1 aliphatic rings. The molecule has 0 aliphatic carbocycles. The normalized spacial score (nSPS) is 21.1. The minimum Gasteiger partial charge on any atom is -0.496 e. The second kappa shape index (κ2) is 7.30. The fraction of sp³-hybridized carbons (Fsp3) is 0.625. The third-order valence-electron chi connectivity index (χ3n) is 3.99. The van der Waals surface area contributed by atoms with Crippen molar-refractivity contribution in [3.05, 3.63) is 29.3 Å². The predicted molar refractivity (Wildman–Crippen MR) is 84.2 cm³/mol. The minimum absolute atomic E-state index is 0.660. The summed E-state index contributed by atoms with van der Waals surface area (Å²) in [6.45, 7) is 4.35. The van der Waals surface area contributed by atoms with Crippen LogP contribution in [0.2, 0.25) is 0 Å². The lowest BCUT2D eigenvalue weighted by molar-refractivity contribution is 0.206. The number of likely N-dealkylation sites (tertiary alicyclic amines) is 1. The van der Waals surface area contributed by atoms with Gasteiger partial charge in [-0.15, -0.1) is 0 Å². The summed E-state index contributed by atoms with van der Waals surface area (Å²) in [6, 6.07) is 7.13. The van der Waals surface area contributed by atoms with Crippen molar-refractivity contribution in [2.75, 3.05) is 19.0 Å². The van der Waals surface area contributed by atoms with Crippen LogP contribution in [0.15, 0.2) is 18.2 Å². The van der Waals surface area contributed by atoms with Gasteiger partial charge >= 0.3 is 0 Å². The van der Waals surface area contributed by atoms with E-state index in [1.165, 1.54) is 43.4 Å². The van der Waals surface area contributed by atoms with Crippen LogP contribution in [-0.2, 0) is 6.54 Å². The number of hydrogen-bond donors (Lipinski definition) is 0. The maximum absolute atomic E-state index is 5.50. The number of rotatable bonds is 4. The molecule has 0 bridgehead atoms. The van der Waals surface area contributed by atoms with Crippen LogP contribution in [0.5, 0.6) is 5.75 Å². The van der Waals surface area contributed by atoms with E-state index >= 15 is 0 Å². The van der Waals surface area contributed by atoms with E-state index in [4.69, 9.17) is 4.74 Å². The average Bonchev–Trinajstić information content (AvgIpc) is 2.64. The van der Waals surface area contributed by atoms with Crippen molar-refractivity contribution in [1.29, 1.82) is 0 Å². The number of benzene rings is 1. The van der Waals surface area contributed by atoms with Crippen LogP contribution in [0.1, 0.15) is 36.8 Å². The number of aryl methyl sites for hydroxylation is 1. The van der Waals surface area contributed by atoms with Crippen molar-refractivity contribution in [2.24, 2.45) is 0 Å². The molecule has 3 heteroatoms. The smallest absolute Gasteiger partial charge is 0.123 e. The lowest BCUT2D eigenvalue weighted by Gasteiger charge is -2.29. The van der Waals surface area contributed by atoms with Gasteiger partial charge in [0.15, 0.2) is 0 Å². The second-order valence-corrected chi connectivity index (χ2v) is 6.09. The van der Waals surface area contributed by atoms with Crippen LogP contribution in [0, 0.1) is 6.92 Å². The van der Waals surface area contributed by atoms with Crippen LogP contribution < -0.4 is 4.74 Å². The van der Waals surface area contributed by atoms with Gasteiger partial charge in [-0.2, -0.15) is 0 Å². The summed E-state index contributed by atoms with van der Waals surface area (Å²) in [5.41, 5.74) is 2.62. The molecule has 1 unspecified atom stereocenters. The van der Waals surface area contributed by atoms with Crippen molar-refractivity contribution >= 4 is 15.9 Å². The molecule has 0 amide bonds. The summed E-state index contributed by atoms with van der Waals surface area (Å²) in [7, 11) is 1.76. The van der Waals surface area contributed by atoms with E-state index in [9.17, 15) is 0 Å². The molecule has 0 saturated carbocycles. The van der Waals surface area contributed by atoms with Crippen LogP contribution in [0.3, 0.4) is 0 Å². The van der Waals surface area contributed by atoms with Gasteiger partial charge in [0.2, 0.25) is 0 Å². The molecule has 106 valence electrons. The molecule has 1 aromatic rings. The molecular formula is C16H24BrNO. The van der Waals surface area contributed by atoms with Gasteiger partial charge in [0.05, 0.1) is 7.11 Å². The molecule has 2 nitrogen and oxygen atoms in total. The highest BCUT2D eigenvalue weighted by molar-refractivity contribution is 9.09. The number of halogens is 1. The Balaban J connectivity index is 2.15. The van der Waals surface area contributed by atoms with Crippen LogP contribution in [-0.4, -0.2) is 29.9 Å². The Labute approximate surface area is 125 Å². The molecule has 1 aliphatic heterocycles. The molecule has 2 rings (SSSR count). The van der Waals surface area contributed by atoms with E-state index in [0.717, 1.165) is 17.6 Å². The molecule has 1 aromatic carbocycles. The number of methoxy groups -OCH3 is 1. The highest BCUT2D eigenvalue weighted by atomic mass is 79.9. The molecule has 1 fully saturated rings. The zero-order valence-electron chi connectivity index (χ0n) is 12.0. The second-order valence-electron chi connectivity index (χ2n) is 5.44. The first-order valence-corrected chi connectivity index (χ1v) is 8.30. The predicted octanol–water partition coefficient (Wildman–Crippen LogP) is 4.14. The molecule has 0 N–H and O–H groups in total. The van der Waals surface area contributed by atoms with Crippen molar-refractivity contribution in [3.8, 4) is 5.75 Å². The van der Waals surface area contributed by atoms with Crippen molar-refractivity contribution < 1.29 is 4.74 Å². The topological polar surface area (TPSA) is 12.5 Å². The largest absolute Gasteiger partial charge is 0.496 e. The zero-order valence-corrected chi connectivity index (χ0v) is 13.6. The first kappa shape index (κ1) is 14.9. The number of alkyl halides is 1. The first-order chi connectivity index (χ1) is 9.24. The van der Waals surface area contributed by atoms with Crippen LogP contribution in [0.25, 0.3) is 0 Å². The van der Waals surface area contributed by atoms with Crippen molar-refractivity contribution in [2.45, 2.75) is 45.2 Å². The lowest BCUT2D eigenvalue weighted by atomic mass is 10.1. The number of nitrogens with zero attached hydrogens (tertiary/aromatic N) is 1. The molecular weight excluding hydrogens is 302 g/mol. The van der Waals surface area contributed by atoms with E-state index in [2.05, 4.69) is 46.0 Å². The Morgan fingerprint density at radius 1 is 1.32 bits per heavy atom. The molecule has 1 saturated heterocycles. The Morgan fingerprint density at radius 3 is 2.89 bits per heavy atom. The summed E-state index contributed by atoms with van der Waals surface area (Å²) in [5.74, 6) is 1.02. The monoisotopic (exact) mass is 325 g/mol. The highest BCUT2D eigenvalue weighted by Crippen LogP contribution is 2.25. The first-order valence-electron chi connectivity index (χ1n) is 7.18. The SMILES string of the molecule is COc1ccc(C)cc1CN1CCCCCC1CBr. The van der Waals surface area contributed by atoms with Crippen LogP contribution in [0.4, 0.5) is 0 Å². The summed E-state index contributed by atoms with van der Waals surface area (Å²) in [6.07, 6.45) is 5.35. The van der Waals surface area contributed by atoms with Crippen molar-refractivity contribution in [1.82, 2.24) is 4.90 Å². The molecule has 1 heterocycles. The standard InChI is InChI=1S/C16H24BrNO/c1-13-7-8-16(19-2)14(10-13)12-18-9-5-3-4-6-15(18)11-17/h7-8,10,15H,3-6,9,11-12H2,1-2H3. The van der Waals surface area contributed by atoms with Gasteiger partial charge in [-0.1, -0.05) is 46.5 Å². The Hall–Kier alpha value is -0.540. The minimum atomic E-state index is 0.660. The summed E-state index contributed by atoms with van der Waals surface area (Å²) in [5, 5.41) is 1.07. The maximum atomic E-state index is 5.50. The molecule has 1 atom stereocenters. The molecule has 19 heavy (non-hydrogen) atoms. The number of ether oxygens (including phenoxy) is 1. The Kier molecular flexibility index (Phi) is 5.71. The Morgan fingerprint density at radius 2 is 2.16 bits per heavy atom. The van der Waals surface area contributed by atoms with E-state index in [1.807, 2.05) is 0 Å². The van der Waals surface area contributed by atoms with Gasteiger partial charge in [0.25, 0.3) is 0 Å². The van der Waals surface area contributed by atoms with Gasteiger partial charge in [-0.3, -0.25) is 4.90 Å². The molecule has 0 radical (unpaired) electrons. The molecule has 0 spiro atoms. The van der Waals surface area contributed by atoms with Crippen molar-refractivity contribution in [3.63, 3.8) is 0 Å². The highest BCUT2D eigenvalue weighted by Gasteiger charge is 2.21. The van der Waals surface area contributed by atoms with Gasteiger partial charge < -0.3 is 4.74 Å². The van der Waals surface area contributed by atoms with E-state index in [-0.39, 0.29) is 0 Å². The van der Waals surface area contributed by atoms with Gasteiger partial charge in [0, 0.05) is 23.5 Å². The summed E-state index contributed by atoms with van der Waals surface area (Å²) in [4.78, 5) is 2.61. The third kappa shape index (κ3) is 3.96. The van der Waals surface area contributed by atoms with Gasteiger partial charge in [-0.05, 0) is 32.4 Å². The van der Waals surface area contributed by atoms with Gasteiger partial charge in [-0.25, -0.2) is 0 Å². The van der Waals surface area contributed by atoms with E-state index in [1.54, 1.807) is 7.11 Å². The average molecular weight is 326 g/mol. The third-order valence-corrected chi connectivity index (χ3v) is 4.73. The lowest BCUT2D eigenvalue weighted by Crippen LogP contribution is -2.35. The maximum Gasteiger partial charge on any atom is 0.123 e. The number of hydrogen-bond acceptors (Lipinski definition) is 2. The van der Waals surface area contributed by atoms with Gasteiger partial charge in [0.1, 0.15) is 5.75 Å². The quantitative estimate of drug-likeness (QED) is 0.771. The van der Waals surface area contributed by atoms with E-state index < -0.39 is 0 Å². The summed E-state index contributed by atoms with van der Waals surface area (Å²) < 4.78 is 5.50. The molecule has 0 aromatic heterocycles. The fourth-order valence-corrected chi connectivity index (χ4v) is 3.60.